The lowest BCUT2D eigenvalue weighted by Gasteiger charge is -2.34. The molecule has 1 unspecified atom stereocenters. The van der Waals surface area contributed by atoms with E-state index >= 15 is 0 Å². The number of urea groups is 1. The number of rotatable bonds is 5. The van der Waals surface area contributed by atoms with Gasteiger partial charge in [-0.25, -0.2) is 4.79 Å². The minimum Gasteiger partial charge on any atom is -0.480 e. The molecule has 2 heterocycles. The second-order valence-electron chi connectivity index (χ2n) is 7.27. The number of para-hydroxylation sites is 1. The smallest absolute Gasteiger partial charge is 0.322 e. The van der Waals surface area contributed by atoms with Crippen molar-refractivity contribution in [3.63, 3.8) is 0 Å². The van der Waals surface area contributed by atoms with E-state index in [9.17, 15) is 9.59 Å². The summed E-state index contributed by atoms with van der Waals surface area (Å²) in [6.45, 7) is 1.70. The maximum Gasteiger partial charge on any atom is 0.322 e. The molecule has 0 saturated carbocycles. The van der Waals surface area contributed by atoms with E-state index in [2.05, 4.69) is 5.32 Å². The van der Waals surface area contributed by atoms with E-state index in [-0.39, 0.29) is 18.7 Å². The van der Waals surface area contributed by atoms with Crippen LogP contribution in [0.5, 0.6) is 0 Å². The van der Waals surface area contributed by atoms with Gasteiger partial charge in [0.2, 0.25) is 0 Å². The number of carbonyl (C=O) groups is 2. The molecule has 1 aliphatic heterocycles. The molecule has 0 radical (unpaired) electrons. The summed E-state index contributed by atoms with van der Waals surface area (Å²) in [6.07, 6.45) is -0.223. The summed E-state index contributed by atoms with van der Waals surface area (Å²) >= 11 is 0. The molecular weight excluding hydrogens is 374 g/mol. The second-order valence-corrected chi connectivity index (χ2v) is 7.27. The number of nitrogens with one attached hydrogen (secondary N) is 1. The number of nitrogens with zero attached hydrogens (tertiary/aromatic N) is 2. The predicted octanol–water partition coefficient (Wildman–Crippen LogP) is 2.84. The van der Waals surface area contributed by atoms with E-state index in [1.165, 1.54) is 0 Å². The molecule has 1 aliphatic rings. The van der Waals surface area contributed by atoms with Crippen LogP contribution in [0.1, 0.15) is 0 Å². The van der Waals surface area contributed by atoms with Crippen LogP contribution in [-0.4, -0.2) is 72.8 Å². The summed E-state index contributed by atoms with van der Waals surface area (Å²) in [7, 11) is 1.72. The zero-order valence-corrected chi connectivity index (χ0v) is 16.1. The van der Waals surface area contributed by atoms with Crippen LogP contribution in [0.25, 0.3) is 21.9 Å². The number of amides is 2. The van der Waals surface area contributed by atoms with Gasteiger partial charge in [0, 0.05) is 36.1 Å². The Kier molecular flexibility index (Phi) is 5.37. The Morgan fingerprint density at radius 2 is 2.00 bits per heavy atom. The minimum atomic E-state index is -0.889. The van der Waals surface area contributed by atoms with Crippen molar-refractivity contribution in [1.82, 2.24) is 9.80 Å². The van der Waals surface area contributed by atoms with Gasteiger partial charge in [-0.1, -0.05) is 18.2 Å². The van der Waals surface area contributed by atoms with E-state index in [1.807, 2.05) is 42.5 Å². The van der Waals surface area contributed by atoms with Crippen LogP contribution < -0.4 is 5.32 Å². The highest BCUT2D eigenvalue weighted by Gasteiger charge is 2.25. The van der Waals surface area contributed by atoms with Gasteiger partial charge in [-0.3, -0.25) is 9.69 Å². The summed E-state index contributed by atoms with van der Waals surface area (Å²) in [4.78, 5) is 26.9. The average molecular weight is 397 g/mol. The van der Waals surface area contributed by atoms with Crippen LogP contribution in [0.4, 0.5) is 10.5 Å². The molecule has 1 aromatic heterocycles. The first-order chi connectivity index (χ1) is 14.0. The topological polar surface area (TPSA) is 95.3 Å². The Labute approximate surface area is 167 Å². The standard InChI is InChI=1S/C21H23N3O5/c1-23(13-20(25)26)11-15-12-24(8-9-28-15)21(27)22-14-6-7-19-17(10-14)16-4-2-3-5-18(16)29-19/h2-7,10,15H,8-9,11-13H2,1H3,(H,22,27)(H,25,26). The molecule has 2 N–H and O–H groups in total. The molecule has 1 fully saturated rings. The van der Waals surface area contributed by atoms with E-state index in [1.54, 1.807) is 16.8 Å². The number of furan rings is 1. The highest BCUT2D eigenvalue weighted by Crippen LogP contribution is 2.30. The van der Waals surface area contributed by atoms with Crippen molar-refractivity contribution in [3.05, 3.63) is 42.5 Å². The normalized spacial score (nSPS) is 17.2. The van der Waals surface area contributed by atoms with Crippen molar-refractivity contribution in [1.29, 1.82) is 0 Å². The first-order valence-corrected chi connectivity index (χ1v) is 9.49. The fourth-order valence-corrected chi connectivity index (χ4v) is 3.66. The number of carboxylic acid groups (broad SMARTS) is 1. The third kappa shape index (κ3) is 4.33. The first-order valence-electron chi connectivity index (χ1n) is 9.49. The number of aliphatic carboxylic acids is 1. The number of anilines is 1. The van der Waals surface area contributed by atoms with Gasteiger partial charge < -0.3 is 24.5 Å². The van der Waals surface area contributed by atoms with Crippen molar-refractivity contribution < 1.29 is 23.8 Å². The number of benzene rings is 2. The van der Waals surface area contributed by atoms with E-state index in [4.69, 9.17) is 14.3 Å². The molecule has 29 heavy (non-hydrogen) atoms. The molecule has 1 atom stereocenters. The second kappa shape index (κ2) is 8.10. The van der Waals surface area contributed by atoms with Crippen molar-refractivity contribution in [2.75, 3.05) is 45.2 Å². The SMILES string of the molecule is CN(CC(=O)O)CC1CN(C(=O)Nc2ccc3oc4ccccc4c3c2)CCO1. The molecule has 8 heteroatoms. The third-order valence-electron chi connectivity index (χ3n) is 4.97. The predicted molar refractivity (Wildman–Crippen MR) is 109 cm³/mol. The highest BCUT2D eigenvalue weighted by molar-refractivity contribution is 6.06. The molecular formula is C21H23N3O5. The number of carbonyl (C=O) groups excluding carboxylic acids is 1. The Bertz CT molecular complexity index is 1050. The Balaban J connectivity index is 1.43. The number of ether oxygens (including phenoxy) is 1. The van der Waals surface area contributed by atoms with Crippen LogP contribution >= 0.6 is 0 Å². The molecule has 0 aliphatic carbocycles. The number of fused-ring (bicyclic) bond motifs is 3. The summed E-state index contributed by atoms with van der Waals surface area (Å²) < 4.78 is 11.5. The number of hydrogen-bond donors (Lipinski definition) is 2. The Hall–Kier alpha value is -3.10. The van der Waals surface area contributed by atoms with Crippen LogP contribution in [0.15, 0.2) is 46.9 Å². The molecule has 4 rings (SSSR count). The van der Waals surface area contributed by atoms with Gasteiger partial charge in [0.05, 0.1) is 19.3 Å². The Morgan fingerprint density at radius 3 is 2.83 bits per heavy atom. The number of hydrogen-bond acceptors (Lipinski definition) is 5. The lowest BCUT2D eigenvalue weighted by molar-refractivity contribution is -0.138. The monoisotopic (exact) mass is 397 g/mol. The van der Waals surface area contributed by atoms with Gasteiger partial charge in [-0.2, -0.15) is 0 Å². The lowest BCUT2D eigenvalue weighted by Crippen LogP contribution is -2.50. The third-order valence-corrected chi connectivity index (χ3v) is 4.97. The first kappa shape index (κ1) is 19.2. The fraction of sp³-hybridized carbons (Fsp3) is 0.333. The Morgan fingerprint density at radius 1 is 1.21 bits per heavy atom. The number of morpholine rings is 1. The van der Waals surface area contributed by atoms with Crippen molar-refractivity contribution in [2.24, 2.45) is 0 Å². The minimum absolute atomic E-state index is 0.0648. The van der Waals surface area contributed by atoms with Gasteiger partial charge in [0.1, 0.15) is 11.2 Å². The number of likely N-dealkylation sites (N-methyl/N-ethyl adjacent to an activating group) is 1. The van der Waals surface area contributed by atoms with Gasteiger partial charge in [-0.05, 0) is 31.3 Å². The van der Waals surface area contributed by atoms with Gasteiger partial charge >= 0.3 is 12.0 Å². The molecule has 1 saturated heterocycles. The van der Waals surface area contributed by atoms with Crippen LogP contribution in [-0.2, 0) is 9.53 Å². The zero-order chi connectivity index (χ0) is 20.4. The highest BCUT2D eigenvalue weighted by atomic mass is 16.5. The van der Waals surface area contributed by atoms with Crippen molar-refractivity contribution >= 4 is 39.6 Å². The molecule has 2 amide bonds. The van der Waals surface area contributed by atoms with Crippen LogP contribution in [0.2, 0.25) is 0 Å². The van der Waals surface area contributed by atoms with Crippen LogP contribution in [0, 0.1) is 0 Å². The fourth-order valence-electron chi connectivity index (χ4n) is 3.66. The van der Waals surface area contributed by atoms with E-state index in [0.29, 0.717) is 31.9 Å². The molecule has 0 bridgehead atoms. The number of carboxylic acids is 1. The molecule has 3 aromatic rings. The quantitative estimate of drug-likeness (QED) is 0.687. The van der Waals surface area contributed by atoms with Gasteiger partial charge in [0.15, 0.2) is 0 Å². The molecule has 8 nitrogen and oxygen atoms in total. The van der Waals surface area contributed by atoms with E-state index in [0.717, 1.165) is 21.9 Å². The van der Waals surface area contributed by atoms with Crippen molar-refractivity contribution in [2.45, 2.75) is 6.10 Å². The summed E-state index contributed by atoms with van der Waals surface area (Å²) in [6, 6.07) is 13.2. The zero-order valence-electron chi connectivity index (χ0n) is 16.1. The molecule has 152 valence electrons. The van der Waals surface area contributed by atoms with Crippen LogP contribution in [0.3, 0.4) is 0 Å². The lowest BCUT2D eigenvalue weighted by atomic mass is 10.1. The summed E-state index contributed by atoms with van der Waals surface area (Å²) in [5, 5.41) is 13.8. The van der Waals surface area contributed by atoms with Gasteiger partial charge in [-0.15, -0.1) is 0 Å². The summed E-state index contributed by atoms with van der Waals surface area (Å²) in [5.41, 5.74) is 2.28. The maximum absolute atomic E-state index is 12.7. The van der Waals surface area contributed by atoms with Crippen molar-refractivity contribution in [3.8, 4) is 0 Å². The average Bonchev–Trinajstić information content (AvgIpc) is 3.05. The maximum atomic E-state index is 12.7. The molecule has 0 spiro atoms. The summed E-state index contributed by atoms with van der Waals surface area (Å²) in [5.74, 6) is -0.889. The van der Waals surface area contributed by atoms with Gasteiger partial charge in [0.25, 0.3) is 0 Å². The largest absolute Gasteiger partial charge is 0.480 e. The molecule has 2 aromatic carbocycles. The van der Waals surface area contributed by atoms with E-state index < -0.39 is 5.97 Å².